The van der Waals surface area contributed by atoms with Crippen LogP contribution in [-0.2, 0) is 4.74 Å². The van der Waals surface area contributed by atoms with Gasteiger partial charge in [-0.1, -0.05) is 0 Å². The molecule has 30 valence electrons. The fourth-order valence-electron chi connectivity index (χ4n) is 0.0833. The van der Waals surface area contributed by atoms with Gasteiger partial charge >= 0.3 is 0 Å². The smallest absolute Gasteiger partial charge is 0.194 e. The van der Waals surface area contributed by atoms with Gasteiger partial charge in [0, 0.05) is 0 Å². The molecule has 3 heteroatoms. The summed E-state index contributed by atoms with van der Waals surface area (Å²) in [7, 11) is 0. The molecule has 0 amide bonds. The second kappa shape index (κ2) is 0.518. The minimum absolute atomic E-state index is 0.507. The van der Waals surface area contributed by atoms with E-state index in [0.29, 0.717) is 6.61 Å². The molecule has 1 aliphatic heterocycles. The molecule has 5 heavy (non-hydrogen) atoms. The van der Waals surface area contributed by atoms with E-state index < -0.39 is 5.85 Å². The zero-order valence-corrected chi connectivity index (χ0v) is 2.77. The van der Waals surface area contributed by atoms with Gasteiger partial charge in [-0.05, 0) is 0 Å². The highest BCUT2D eigenvalue weighted by Gasteiger charge is 2.34. The maximum atomic E-state index is 5.02. The van der Waals surface area contributed by atoms with Crippen LogP contribution in [-0.4, -0.2) is 12.5 Å². The van der Waals surface area contributed by atoms with E-state index in [2.05, 4.69) is 4.74 Å². The van der Waals surface area contributed by atoms with E-state index in [9.17, 15) is 0 Å². The van der Waals surface area contributed by atoms with Crippen LogP contribution < -0.4 is 11.5 Å². The second-order valence-corrected chi connectivity index (χ2v) is 1.24. The van der Waals surface area contributed by atoms with Crippen molar-refractivity contribution in [2.45, 2.75) is 5.85 Å². The number of hydrogen-bond donors (Lipinski definition) is 2. The quantitative estimate of drug-likeness (QED) is 0.274. The van der Waals surface area contributed by atoms with Crippen molar-refractivity contribution in [1.29, 1.82) is 0 Å². The lowest BCUT2D eigenvalue weighted by atomic mass is 10.7. The van der Waals surface area contributed by atoms with E-state index in [0.717, 1.165) is 0 Å². The topological polar surface area (TPSA) is 64.6 Å². The fourth-order valence-corrected chi connectivity index (χ4v) is 0.0833. The van der Waals surface area contributed by atoms with Crippen molar-refractivity contribution in [3.8, 4) is 0 Å². The van der Waals surface area contributed by atoms with Crippen LogP contribution in [0.25, 0.3) is 0 Å². The molecule has 1 aliphatic rings. The molecule has 1 fully saturated rings. The lowest BCUT2D eigenvalue weighted by molar-refractivity contribution is 0.319. The molecule has 0 spiro atoms. The Bertz CT molecular complexity index is 45.6. The van der Waals surface area contributed by atoms with Crippen molar-refractivity contribution in [1.82, 2.24) is 0 Å². The SMILES string of the molecule is NC1(N)CO1. The lowest BCUT2D eigenvalue weighted by Crippen LogP contribution is -2.34. The van der Waals surface area contributed by atoms with Crippen LogP contribution in [0.1, 0.15) is 0 Å². The van der Waals surface area contributed by atoms with Gasteiger partial charge in [0.1, 0.15) is 6.61 Å². The standard InChI is InChI=1S/C2H6N2O/c3-2(4)1-5-2/h1,3-4H2. The van der Waals surface area contributed by atoms with Crippen LogP contribution in [0.3, 0.4) is 0 Å². The van der Waals surface area contributed by atoms with Crippen molar-refractivity contribution in [3.63, 3.8) is 0 Å². The molecule has 0 saturated carbocycles. The summed E-state index contributed by atoms with van der Waals surface area (Å²) >= 11 is 0. The number of ether oxygens (including phenoxy) is 1. The van der Waals surface area contributed by atoms with Crippen LogP contribution in [0.2, 0.25) is 0 Å². The van der Waals surface area contributed by atoms with Gasteiger partial charge in [0.15, 0.2) is 5.85 Å². The Morgan fingerprint density at radius 2 is 1.80 bits per heavy atom. The van der Waals surface area contributed by atoms with Crippen LogP contribution in [0.5, 0.6) is 0 Å². The summed E-state index contributed by atoms with van der Waals surface area (Å²) in [6, 6.07) is 0. The third kappa shape index (κ3) is 0.576. The largest absolute Gasteiger partial charge is 0.340 e. The van der Waals surface area contributed by atoms with Gasteiger partial charge in [0.05, 0.1) is 0 Å². The predicted molar refractivity (Wildman–Crippen MR) is 17.1 cm³/mol. The summed E-state index contributed by atoms with van der Waals surface area (Å²) in [5.41, 5.74) is 10.0. The highest BCUT2D eigenvalue weighted by Crippen LogP contribution is 2.08. The summed E-state index contributed by atoms with van der Waals surface area (Å²) in [6.45, 7) is 0.507. The highest BCUT2D eigenvalue weighted by atomic mass is 16.6. The zero-order valence-electron chi connectivity index (χ0n) is 2.77. The zero-order chi connectivity index (χ0) is 3.91. The predicted octanol–water partition coefficient (Wildman–Crippen LogP) is -1.41. The van der Waals surface area contributed by atoms with Crippen molar-refractivity contribution >= 4 is 0 Å². The molecule has 3 nitrogen and oxygen atoms in total. The molecule has 0 aromatic heterocycles. The highest BCUT2D eigenvalue weighted by molar-refractivity contribution is 4.75. The molecular weight excluding hydrogens is 68.0 g/mol. The molecule has 1 rings (SSSR count). The first kappa shape index (κ1) is 3.08. The average molecular weight is 74.1 g/mol. The Kier molecular flexibility index (Phi) is 0.320. The summed E-state index contributed by atoms with van der Waals surface area (Å²) in [5.74, 6) is -0.750. The first-order chi connectivity index (χ1) is 2.21. The number of hydrogen-bond acceptors (Lipinski definition) is 3. The number of epoxide rings is 1. The van der Waals surface area contributed by atoms with E-state index in [4.69, 9.17) is 11.5 Å². The molecule has 1 heterocycles. The van der Waals surface area contributed by atoms with Crippen molar-refractivity contribution < 1.29 is 4.74 Å². The maximum Gasteiger partial charge on any atom is 0.194 e. The van der Waals surface area contributed by atoms with Crippen molar-refractivity contribution in [2.24, 2.45) is 11.5 Å². The van der Waals surface area contributed by atoms with Gasteiger partial charge < -0.3 is 4.74 Å². The molecule has 0 atom stereocenters. The summed E-state index contributed by atoms with van der Waals surface area (Å²) in [4.78, 5) is 0. The Hall–Kier alpha value is -0.120. The Morgan fingerprint density at radius 3 is 1.80 bits per heavy atom. The van der Waals surface area contributed by atoms with E-state index in [1.54, 1.807) is 0 Å². The average Bonchev–Trinajstić information content (AvgIpc) is 1.76. The molecule has 0 aromatic rings. The van der Waals surface area contributed by atoms with Gasteiger partial charge in [-0.25, -0.2) is 0 Å². The van der Waals surface area contributed by atoms with Crippen LogP contribution in [0, 0.1) is 0 Å². The molecule has 0 aromatic carbocycles. The van der Waals surface area contributed by atoms with E-state index >= 15 is 0 Å². The monoisotopic (exact) mass is 74.0 g/mol. The Morgan fingerprint density at radius 1 is 1.60 bits per heavy atom. The first-order valence-electron chi connectivity index (χ1n) is 1.42. The first-order valence-corrected chi connectivity index (χ1v) is 1.42. The maximum absolute atomic E-state index is 5.02. The number of rotatable bonds is 0. The van der Waals surface area contributed by atoms with Crippen LogP contribution in [0.4, 0.5) is 0 Å². The molecular formula is C2H6N2O. The summed E-state index contributed by atoms with van der Waals surface area (Å²) in [6.07, 6.45) is 0. The Balaban J connectivity index is 2.38. The normalized spacial score (nSPS) is 30.0. The van der Waals surface area contributed by atoms with Crippen LogP contribution >= 0.6 is 0 Å². The minimum atomic E-state index is -0.750. The summed E-state index contributed by atoms with van der Waals surface area (Å²) < 4.78 is 4.45. The van der Waals surface area contributed by atoms with E-state index in [1.807, 2.05) is 0 Å². The van der Waals surface area contributed by atoms with E-state index in [1.165, 1.54) is 0 Å². The molecule has 0 aliphatic carbocycles. The summed E-state index contributed by atoms with van der Waals surface area (Å²) in [5, 5.41) is 0. The Labute approximate surface area is 29.9 Å². The molecule has 0 bridgehead atoms. The lowest BCUT2D eigenvalue weighted by Gasteiger charge is -1.84. The number of nitrogens with two attached hydrogens (primary N) is 2. The molecule has 0 unspecified atom stereocenters. The molecule has 4 N–H and O–H groups in total. The molecule has 1 saturated heterocycles. The fraction of sp³-hybridized carbons (Fsp3) is 1.00. The van der Waals surface area contributed by atoms with Crippen molar-refractivity contribution in [2.75, 3.05) is 6.61 Å². The van der Waals surface area contributed by atoms with Gasteiger partial charge in [0.25, 0.3) is 0 Å². The van der Waals surface area contributed by atoms with Gasteiger partial charge in [0.2, 0.25) is 0 Å². The third-order valence-corrected chi connectivity index (χ3v) is 0.478. The minimum Gasteiger partial charge on any atom is -0.340 e. The van der Waals surface area contributed by atoms with Gasteiger partial charge in [-0.2, -0.15) is 0 Å². The second-order valence-electron chi connectivity index (χ2n) is 1.24. The molecule has 0 radical (unpaired) electrons. The van der Waals surface area contributed by atoms with Crippen LogP contribution in [0.15, 0.2) is 0 Å². The third-order valence-electron chi connectivity index (χ3n) is 0.478. The van der Waals surface area contributed by atoms with E-state index in [-0.39, 0.29) is 0 Å². The van der Waals surface area contributed by atoms with Crippen molar-refractivity contribution in [3.05, 3.63) is 0 Å². The van der Waals surface area contributed by atoms with Gasteiger partial charge in [-0.3, -0.25) is 11.5 Å². The van der Waals surface area contributed by atoms with Gasteiger partial charge in [-0.15, -0.1) is 0 Å².